The zero-order chi connectivity index (χ0) is 31.3. The molecule has 0 spiro atoms. The molecule has 8 heteroatoms. The van der Waals surface area contributed by atoms with Crippen molar-refractivity contribution in [2.45, 2.75) is 65.2 Å². The molecule has 1 aromatic heterocycles. The predicted octanol–water partition coefficient (Wildman–Crippen LogP) is 7.68. The second-order valence-electron chi connectivity index (χ2n) is 12.8. The Bertz CT molecular complexity index is 1580. The van der Waals surface area contributed by atoms with Crippen molar-refractivity contribution in [1.29, 1.82) is 0 Å². The number of benzene rings is 3. The highest BCUT2D eigenvalue weighted by Gasteiger charge is 2.24. The number of anilines is 2. The van der Waals surface area contributed by atoms with Crippen LogP contribution in [0, 0.1) is 18.7 Å². The van der Waals surface area contributed by atoms with Gasteiger partial charge in [0, 0.05) is 36.7 Å². The monoisotopic (exact) mass is 595 g/mol. The summed E-state index contributed by atoms with van der Waals surface area (Å²) in [6.07, 6.45) is 3.84. The summed E-state index contributed by atoms with van der Waals surface area (Å²) in [6, 6.07) is 24.0. The van der Waals surface area contributed by atoms with Gasteiger partial charge in [-0.3, -0.25) is 10.1 Å². The number of carbonyl (C=O) groups excluding carboxylic acids is 2. The van der Waals surface area contributed by atoms with Crippen LogP contribution in [-0.2, 0) is 23.1 Å². The van der Waals surface area contributed by atoms with E-state index in [2.05, 4.69) is 37.5 Å². The van der Waals surface area contributed by atoms with Crippen LogP contribution in [0.2, 0.25) is 0 Å². The van der Waals surface area contributed by atoms with Crippen LogP contribution < -0.4 is 10.6 Å². The maximum atomic E-state index is 13.1. The minimum Gasteiger partial charge on any atom is -0.343 e. The summed E-state index contributed by atoms with van der Waals surface area (Å²) < 4.78 is 14.9. The molecule has 3 aromatic carbocycles. The van der Waals surface area contributed by atoms with E-state index >= 15 is 0 Å². The fourth-order valence-corrected chi connectivity index (χ4v) is 5.55. The molecule has 0 atom stereocenters. The number of carbonyl (C=O) groups is 2. The lowest BCUT2D eigenvalue weighted by Gasteiger charge is -2.32. The highest BCUT2D eigenvalue weighted by atomic mass is 19.1. The van der Waals surface area contributed by atoms with Gasteiger partial charge in [-0.25, -0.2) is 13.9 Å². The number of amides is 3. The van der Waals surface area contributed by atoms with Crippen LogP contribution in [0.25, 0.3) is 5.69 Å². The van der Waals surface area contributed by atoms with Gasteiger partial charge in [0.15, 0.2) is 0 Å². The molecule has 1 saturated heterocycles. The largest absolute Gasteiger partial charge is 0.343 e. The van der Waals surface area contributed by atoms with Crippen LogP contribution >= 0.6 is 0 Å². The summed E-state index contributed by atoms with van der Waals surface area (Å²) in [4.78, 5) is 27.8. The van der Waals surface area contributed by atoms with Crippen LogP contribution in [-0.4, -0.2) is 39.7 Å². The van der Waals surface area contributed by atoms with E-state index < -0.39 is 0 Å². The third-order valence-corrected chi connectivity index (χ3v) is 8.22. The van der Waals surface area contributed by atoms with Crippen LogP contribution in [0.15, 0.2) is 78.9 Å². The number of hydrogen-bond donors (Lipinski definition) is 2. The van der Waals surface area contributed by atoms with Gasteiger partial charge in [-0.2, -0.15) is 5.10 Å². The second kappa shape index (κ2) is 13.5. The minimum atomic E-state index is -0.330. The third-order valence-electron chi connectivity index (χ3n) is 8.22. The Morgan fingerprint density at radius 2 is 1.61 bits per heavy atom. The molecule has 0 saturated carbocycles. The number of halogens is 1. The van der Waals surface area contributed by atoms with Gasteiger partial charge >= 0.3 is 6.03 Å². The first-order valence-corrected chi connectivity index (χ1v) is 15.4. The number of aromatic nitrogens is 2. The van der Waals surface area contributed by atoms with Crippen molar-refractivity contribution >= 4 is 23.4 Å². The van der Waals surface area contributed by atoms with Gasteiger partial charge in [-0.1, -0.05) is 62.7 Å². The lowest BCUT2D eigenvalue weighted by Crippen LogP contribution is -2.39. The fraction of sp³-hybridized carbons (Fsp3) is 0.361. The molecule has 230 valence electrons. The average molecular weight is 596 g/mol. The summed E-state index contributed by atoms with van der Waals surface area (Å²) in [5.41, 5.74) is 5.60. The molecule has 0 bridgehead atoms. The van der Waals surface area contributed by atoms with E-state index in [-0.39, 0.29) is 23.2 Å². The Kier molecular flexibility index (Phi) is 9.47. The van der Waals surface area contributed by atoms with Crippen LogP contribution in [0.3, 0.4) is 0 Å². The normalized spacial score (nSPS) is 14.0. The summed E-state index contributed by atoms with van der Waals surface area (Å²) in [7, 11) is 0. The summed E-state index contributed by atoms with van der Waals surface area (Å²) in [6.45, 7) is 9.83. The molecule has 5 rings (SSSR count). The number of piperidine rings is 1. The van der Waals surface area contributed by atoms with Gasteiger partial charge in [-0.15, -0.1) is 0 Å². The summed E-state index contributed by atoms with van der Waals surface area (Å²) in [5.74, 6) is 0.970. The average Bonchev–Trinajstić information content (AvgIpc) is 3.42. The van der Waals surface area contributed by atoms with Crippen molar-refractivity contribution in [3.8, 4) is 5.69 Å². The first kappa shape index (κ1) is 31.0. The highest BCUT2D eigenvalue weighted by Crippen LogP contribution is 2.27. The third kappa shape index (κ3) is 8.13. The summed E-state index contributed by atoms with van der Waals surface area (Å²) >= 11 is 0. The van der Waals surface area contributed by atoms with Crippen molar-refractivity contribution < 1.29 is 14.0 Å². The molecule has 44 heavy (non-hydrogen) atoms. The van der Waals surface area contributed by atoms with E-state index in [0.29, 0.717) is 24.6 Å². The maximum absolute atomic E-state index is 13.1. The Morgan fingerprint density at radius 3 is 2.30 bits per heavy atom. The van der Waals surface area contributed by atoms with E-state index in [9.17, 15) is 14.0 Å². The standard InChI is InChI=1S/C36H42FN5O2/c1-25-8-15-31(16-9-25)42-33(24-32(40-42)36(2,3)4)39-35(44)38-30-7-5-6-28(23-30)22-27-18-20-41(21-19-27)34(43)17-12-26-10-13-29(37)14-11-26/h5-11,13-16,23-24,27H,12,17-22H2,1-4H3,(H2,38,39,44). The molecule has 3 amide bonds. The van der Waals surface area contributed by atoms with E-state index in [4.69, 9.17) is 5.10 Å². The van der Waals surface area contributed by atoms with Crippen LogP contribution in [0.5, 0.6) is 0 Å². The SMILES string of the molecule is Cc1ccc(-n2nc(C(C)(C)C)cc2NC(=O)Nc2cccc(CC3CCN(C(=O)CCc4ccc(F)cc4)CC3)c2)cc1. The molecule has 2 heterocycles. The van der Waals surface area contributed by atoms with E-state index in [1.807, 2.05) is 60.4 Å². The van der Waals surface area contributed by atoms with Gasteiger partial charge in [-0.05, 0) is 86.1 Å². The molecular formula is C36H42FN5O2. The van der Waals surface area contributed by atoms with Crippen LogP contribution in [0.4, 0.5) is 20.7 Å². The number of aryl methyl sites for hydroxylation is 2. The highest BCUT2D eigenvalue weighted by molar-refractivity contribution is 5.99. The Morgan fingerprint density at radius 1 is 0.909 bits per heavy atom. The fourth-order valence-electron chi connectivity index (χ4n) is 5.55. The molecule has 1 aliphatic heterocycles. The molecule has 2 N–H and O–H groups in total. The van der Waals surface area contributed by atoms with Crippen molar-refractivity contribution in [2.24, 2.45) is 5.92 Å². The van der Waals surface area contributed by atoms with E-state index in [1.165, 1.54) is 12.1 Å². The molecule has 0 radical (unpaired) electrons. The van der Waals surface area contributed by atoms with E-state index in [1.54, 1.807) is 16.8 Å². The molecule has 1 aliphatic rings. The first-order valence-electron chi connectivity index (χ1n) is 15.4. The number of nitrogens with zero attached hydrogens (tertiary/aromatic N) is 3. The number of urea groups is 1. The van der Waals surface area contributed by atoms with Gasteiger partial charge in [0.1, 0.15) is 11.6 Å². The Balaban J connectivity index is 1.15. The molecule has 0 aliphatic carbocycles. The Hall–Kier alpha value is -4.46. The number of likely N-dealkylation sites (tertiary alicyclic amines) is 1. The van der Waals surface area contributed by atoms with Crippen molar-refractivity contribution in [3.63, 3.8) is 0 Å². The number of nitrogens with one attached hydrogen (secondary N) is 2. The zero-order valence-electron chi connectivity index (χ0n) is 26.1. The molecular weight excluding hydrogens is 553 g/mol. The van der Waals surface area contributed by atoms with Gasteiger partial charge < -0.3 is 10.2 Å². The Labute approximate surface area is 259 Å². The van der Waals surface area contributed by atoms with Crippen molar-refractivity contribution in [3.05, 3.63) is 107 Å². The molecule has 4 aromatic rings. The maximum Gasteiger partial charge on any atom is 0.324 e. The molecule has 7 nitrogen and oxygen atoms in total. The minimum absolute atomic E-state index is 0.156. The topological polar surface area (TPSA) is 79.3 Å². The first-order chi connectivity index (χ1) is 21.0. The van der Waals surface area contributed by atoms with Crippen molar-refractivity contribution in [1.82, 2.24) is 14.7 Å². The van der Waals surface area contributed by atoms with Crippen LogP contribution in [0.1, 0.15) is 62.4 Å². The number of hydrogen-bond acceptors (Lipinski definition) is 3. The smallest absolute Gasteiger partial charge is 0.324 e. The van der Waals surface area contributed by atoms with Gasteiger partial charge in [0.25, 0.3) is 0 Å². The quantitative estimate of drug-likeness (QED) is 0.219. The lowest BCUT2D eigenvalue weighted by molar-refractivity contribution is -0.132. The molecule has 0 unspecified atom stereocenters. The zero-order valence-corrected chi connectivity index (χ0v) is 26.1. The predicted molar refractivity (Wildman–Crippen MR) is 174 cm³/mol. The molecule has 1 fully saturated rings. The van der Waals surface area contributed by atoms with E-state index in [0.717, 1.165) is 66.1 Å². The summed E-state index contributed by atoms with van der Waals surface area (Å²) in [5, 5.41) is 10.8. The van der Waals surface area contributed by atoms with Crippen molar-refractivity contribution in [2.75, 3.05) is 23.7 Å². The second-order valence-corrected chi connectivity index (χ2v) is 12.8. The van der Waals surface area contributed by atoms with Gasteiger partial charge in [0.2, 0.25) is 5.91 Å². The lowest BCUT2D eigenvalue weighted by atomic mass is 9.90. The van der Waals surface area contributed by atoms with Gasteiger partial charge in [0.05, 0.1) is 11.4 Å². The number of rotatable bonds is 8.